The molecule has 0 aromatic heterocycles. The molecule has 0 atom stereocenters. The van der Waals surface area contributed by atoms with Gasteiger partial charge in [-0.25, -0.2) is 0 Å². The Morgan fingerprint density at radius 1 is 1.41 bits per heavy atom. The van der Waals surface area contributed by atoms with Gasteiger partial charge in [0.25, 0.3) is 5.91 Å². The van der Waals surface area contributed by atoms with E-state index in [0.29, 0.717) is 23.9 Å². The highest BCUT2D eigenvalue weighted by Crippen LogP contribution is 2.32. The van der Waals surface area contributed by atoms with Crippen molar-refractivity contribution in [2.24, 2.45) is 4.99 Å². The van der Waals surface area contributed by atoms with Gasteiger partial charge in [0, 0.05) is 13.1 Å². The Bertz CT molecular complexity index is 651. The molecule has 6 nitrogen and oxygen atoms in total. The number of morpholine rings is 1. The van der Waals surface area contributed by atoms with Gasteiger partial charge in [0.1, 0.15) is 0 Å². The number of nitrogens with zero attached hydrogens (tertiary/aromatic N) is 2. The second kappa shape index (κ2) is 6.41. The number of methoxy groups -OCH3 is 1. The zero-order valence-electron chi connectivity index (χ0n) is 12.1. The van der Waals surface area contributed by atoms with Crippen molar-refractivity contribution in [3.8, 4) is 11.5 Å². The molecule has 0 radical (unpaired) electrons. The third kappa shape index (κ3) is 3.10. The van der Waals surface area contributed by atoms with E-state index < -0.39 is 0 Å². The molecule has 3 rings (SSSR count). The minimum absolute atomic E-state index is 0.0697. The molecule has 0 saturated carbocycles. The third-order valence-electron chi connectivity index (χ3n) is 3.39. The zero-order chi connectivity index (χ0) is 15.5. The van der Waals surface area contributed by atoms with Gasteiger partial charge in [-0.1, -0.05) is 6.07 Å². The molecule has 22 heavy (non-hydrogen) atoms. The minimum Gasteiger partial charge on any atom is -0.504 e. The van der Waals surface area contributed by atoms with Crippen molar-refractivity contribution in [3.05, 3.63) is 28.7 Å². The number of phenols is 1. The van der Waals surface area contributed by atoms with Gasteiger partial charge in [0.2, 0.25) is 0 Å². The maximum atomic E-state index is 12.0. The van der Waals surface area contributed by atoms with Crippen LogP contribution in [0.2, 0.25) is 0 Å². The highest BCUT2D eigenvalue weighted by atomic mass is 32.2. The molecule has 116 valence electrons. The first-order valence-corrected chi connectivity index (χ1v) is 7.71. The lowest BCUT2D eigenvalue weighted by molar-refractivity contribution is -0.113. The van der Waals surface area contributed by atoms with Crippen LogP contribution < -0.4 is 4.74 Å². The Labute approximate surface area is 132 Å². The first-order valence-electron chi connectivity index (χ1n) is 6.89. The number of amidine groups is 1. The molecular weight excluding hydrogens is 304 g/mol. The number of carbonyl (C=O) groups is 1. The van der Waals surface area contributed by atoms with E-state index in [0.717, 1.165) is 23.8 Å². The number of phenolic OH excluding ortho intramolecular Hbond substituents is 1. The number of aliphatic imine (C=N–C) groups is 1. The summed E-state index contributed by atoms with van der Waals surface area (Å²) < 4.78 is 10.4. The van der Waals surface area contributed by atoms with Crippen molar-refractivity contribution in [1.82, 2.24) is 4.90 Å². The number of thioether (sulfide) groups is 1. The molecule has 2 aliphatic rings. The molecule has 0 spiro atoms. The Hall–Kier alpha value is -1.99. The van der Waals surface area contributed by atoms with Crippen LogP contribution in [-0.4, -0.2) is 54.5 Å². The fourth-order valence-electron chi connectivity index (χ4n) is 2.22. The lowest BCUT2D eigenvalue weighted by Crippen LogP contribution is -2.38. The number of carbonyl (C=O) groups excluding carboxylic acids is 1. The molecule has 1 aromatic carbocycles. The lowest BCUT2D eigenvalue weighted by Gasteiger charge is -2.27. The number of hydrogen-bond acceptors (Lipinski definition) is 6. The van der Waals surface area contributed by atoms with E-state index in [9.17, 15) is 9.90 Å². The number of rotatable bonds is 2. The van der Waals surface area contributed by atoms with Gasteiger partial charge in [-0.05, 0) is 35.5 Å². The lowest BCUT2D eigenvalue weighted by atomic mass is 10.2. The maximum absolute atomic E-state index is 12.0. The van der Waals surface area contributed by atoms with E-state index in [1.807, 2.05) is 0 Å². The van der Waals surface area contributed by atoms with Crippen molar-refractivity contribution >= 4 is 28.9 Å². The molecule has 2 heterocycles. The first kappa shape index (κ1) is 14.9. The average molecular weight is 320 g/mol. The number of ether oxygens (including phenoxy) is 2. The van der Waals surface area contributed by atoms with Gasteiger partial charge in [-0.15, -0.1) is 0 Å². The van der Waals surface area contributed by atoms with Crippen LogP contribution in [-0.2, 0) is 9.53 Å². The highest BCUT2D eigenvalue weighted by Gasteiger charge is 2.27. The molecule has 1 amide bonds. The van der Waals surface area contributed by atoms with Crippen molar-refractivity contribution < 1.29 is 19.4 Å². The molecule has 1 saturated heterocycles. The normalized spacial score (nSPS) is 20.4. The quantitative estimate of drug-likeness (QED) is 0.837. The van der Waals surface area contributed by atoms with E-state index in [2.05, 4.69) is 9.89 Å². The number of aromatic hydroxyl groups is 1. The predicted molar refractivity (Wildman–Crippen MR) is 85.1 cm³/mol. The van der Waals surface area contributed by atoms with Crippen LogP contribution in [0.25, 0.3) is 6.08 Å². The van der Waals surface area contributed by atoms with Crippen molar-refractivity contribution in [1.29, 1.82) is 0 Å². The van der Waals surface area contributed by atoms with Crippen LogP contribution in [0.1, 0.15) is 5.56 Å². The second-order valence-corrected chi connectivity index (χ2v) is 5.85. The van der Waals surface area contributed by atoms with Gasteiger partial charge in [-0.2, -0.15) is 4.99 Å². The van der Waals surface area contributed by atoms with E-state index >= 15 is 0 Å². The maximum Gasteiger partial charge on any atom is 0.286 e. The largest absolute Gasteiger partial charge is 0.504 e. The second-order valence-electron chi connectivity index (χ2n) is 4.84. The van der Waals surface area contributed by atoms with Crippen LogP contribution in [0.3, 0.4) is 0 Å². The Kier molecular flexibility index (Phi) is 4.35. The van der Waals surface area contributed by atoms with Gasteiger partial charge in [0.05, 0.1) is 25.2 Å². The van der Waals surface area contributed by atoms with Crippen LogP contribution >= 0.6 is 11.8 Å². The molecule has 2 aliphatic heterocycles. The fourth-order valence-corrected chi connectivity index (χ4v) is 3.19. The molecular formula is C15H16N2O4S. The monoisotopic (exact) mass is 320 g/mol. The number of amides is 1. The standard InChI is InChI=1S/C15H16N2O4S/c1-20-12-8-10(2-3-11(12)18)9-13-14(19)16-15(22-13)17-4-6-21-7-5-17/h2-3,8-9,18H,4-7H2,1H3/b13-9+. The van der Waals surface area contributed by atoms with E-state index in [4.69, 9.17) is 9.47 Å². The van der Waals surface area contributed by atoms with E-state index in [1.165, 1.54) is 18.9 Å². The van der Waals surface area contributed by atoms with Crippen LogP contribution in [0.15, 0.2) is 28.1 Å². The summed E-state index contributed by atoms with van der Waals surface area (Å²) in [4.78, 5) is 18.8. The van der Waals surface area contributed by atoms with Crippen LogP contribution in [0, 0.1) is 0 Å². The van der Waals surface area contributed by atoms with Crippen molar-refractivity contribution in [2.75, 3.05) is 33.4 Å². The topological polar surface area (TPSA) is 71.4 Å². The molecule has 1 N–H and O–H groups in total. The highest BCUT2D eigenvalue weighted by molar-refractivity contribution is 8.18. The Balaban J connectivity index is 1.77. The molecule has 1 aromatic rings. The van der Waals surface area contributed by atoms with Crippen LogP contribution in [0.5, 0.6) is 11.5 Å². The summed E-state index contributed by atoms with van der Waals surface area (Å²) in [6, 6.07) is 4.95. The first-order chi connectivity index (χ1) is 10.7. The summed E-state index contributed by atoms with van der Waals surface area (Å²) in [6.07, 6.45) is 1.76. The summed E-state index contributed by atoms with van der Waals surface area (Å²) >= 11 is 1.37. The fraction of sp³-hybridized carbons (Fsp3) is 0.333. The van der Waals surface area contributed by atoms with Crippen LogP contribution in [0.4, 0.5) is 0 Å². The predicted octanol–water partition coefficient (Wildman–Crippen LogP) is 1.70. The third-order valence-corrected chi connectivity index (χ3v) is 4.44. The van der Waals surface area contributed by atoms with E-state index in [1.54, 1.807) is 24.3 Å². The Morgan fingerprint density at radius 2 is 2.18 bits per heavy atom. The van der Waals surface area contributed by atoms with Gasteiger partial charge in [-0.3, -0.25) is 4.79 Å². The van der Waals surface area contributed by atoms with Crippen molar-refractivity contribution in [2.45, 2.75) is 0 Å². The zero-order valence-corrected chi connectivity index (χ0v) is 12.9. The van der Waals surface area contributed by atoms with E-state index in [-0.39, 0.29) is 11.7 Å². The molecule has 0 bridgehead atoms. The number of benzene rings is 1. The van der Waals surface area contributed by atoms with Gasteiger partial charge in [0.15, 0.2) is 16.7 Å². The molecule has 0 aliphatic carbocycles. The summed E-state index contributed by atoms with van der Waals surface area (Å²) in [5, 5.41) is 10.3. The average Bonchev–Trinajstić information content (AvgIpc) is 2.91. The summed E-state index contributed by atoms with van der Waals surface area (Å²) in [5.74, 6) is 0.206. The van der Waals surface area contributed by atoms with Gasteiger partial charge < -0.3 is 19.5 Å². The summed E-state index contributed by atoms with van der Waals surface area (Å²) in [6.45, 7) is 2.81. The Morgan fingerprint density at radius 3 is 2.91 bits per heavy atom. The summed E-state index contributed by atoms with van der Waals surface area (Å²) in [7, 11) is 1.49. The SMILES string of the molecule is COc1cc(/C=C2/SC(N3CCOCC3)=NC2=O)ccc1O. The smallest absolute Gasteiger partial charge is 0.286 e. The summed E-state index contributed by atoms with van der Waals surface area (Å²) in [5.41, 5.74) is 0.781. The minimum atomic E-state index is -0.237. The van der Waals surface area contributed by atoms with Gasteiger partial charge >= 0.3 is 0 Å². The molecule has 0 unspecified atom stereocenters. The molecule has 1 fully saturated rings. The number of hydrogen-bond donors (Lipinski definition) is 1. The molecule has 7 heteroatoms. The van der Waals surface area contributed by atoms with Crippen molar-refractivity contribution in [3.63, 3.8) is 0 Å².